The van der Waals surface area contributed by atoms with Crippen LogP contribution in [0.25, 0.3) is 0 Å². The van der Waals surface area contributed by atoms with Crippen molar-refractivity contribution in [1.29, 1.82) is 0 Å². The Morgan fingerprint density at radius 2 is 2.00 bits per heavy atom. The molecule has 0 bridgehead atoms. The number of carboxylic acid groups (broad SMARTS) is 1. The largest absolute Gasteiger partial charge is 0.493 e. The average Bonchev–Trinajstić information content (AvgIpc) is 2.33. The third kappa shape index (κ3) is 3.77. The van der Waals surface area contributed by atoms with E-state index in [1.54, 1.807) is 0 Å². The summed E-state index contributed by atoms with van der Waals surface area (Å²) in [4.78, 5) is 11.3. The summed E-state index contributed by atoms with van der Waals surface area (Å²) >= 11 is 0. The molecule has 0 radical (unpaired) electrons. The van der Waals surface area contributed by atoms with Crippen LogP contribution < -0.4 is 4.74 Å². The van der Waals surface area contributed by atoms with Gasteiger partial charge in [0.25, 0.3) is 0 Å². The van der Waals surface area contributed by atoms with Crippen molar-refractivity contribution in [3.8, 4) is 5.75 Å². The van der Waals surface area contributed by atoms with Crippen LogP contribution >= 0.6 is 0 Å². The van der Waals surface area contributed by atoms with Gasteiger partial charge in [0.05, 0.1) is 12.5 Å². The van der Waals surface area contributed by atoms with E-state index in [0.717, 1.165) is 18.4 Å². The Hall–Kier alpha value is -1.51. The first kappa shape index (κ1) is 13.6. The molecule has 1 aromatic carbocycles. The van der Waals surface area contributed by atoms with Gasteiger partial charge in [0.1, 0.15) is 5.75 Å². The fourth-order valence-corrected chi connectivity index (χ4v) is 1.81. The van der Waals surface area contributed by atoms with Crippen molar-refractivity contribution in [3.63, 3.8) is 0 Å². The molecule has 1 unspecified atom stereocenters. The molecule has 1 rings (SSSR count). The molecule has 0 saturated carbocycles. The van der Waals surface area contributed by atoms with Gasteiger partial charge in [0.2, 0.25) is 0 Å². The molecule has 1 N–H and O–H groups in total. The summed E-state index contributed by atoms with van der Waals surface area (Å²) in [6.07, 6.45) is 2.40. The molecule has 0 amide bonds. The molecule has 0 heterocycles. The van der Waals surface area contributed by atoms with Gasteiger partial charge >= 0.3 is 5.97 Å². The maximum Gasteiger partial charge on any atom is 0.311 e. The molecule has 17 heavy (non-hydrogen) atoms. The summed E-state index contributed by atoms with van der Waals surface area (Å²) in [5.41, 5.74) is 0.787. The summed E-state index contributed by atoms with van der Waals surface area (Å²) in [6, 6.07) is 7.43. The quantitative estimate of drug-likeness (QED) is 0.788. The summed E-state index contributed by atoms with van der Waals surface area (Å²) in [7, 11) is 0. The zero-order valence-electron chi connectivity index (χ0n) is 10.5. The fourth-order valence-electron chi connectivity index (χ4n) is 1.81. The molecular weight excluding hydrogens is 216 g/mol. The number of hydrogen-bond donors (Lipinski definition) is 1. The van der Waals surface area contributed by atoms with Crippen LogP contribution in [0.15, 0.2) is 24.3 Å². The zero-order valence-corrected chi connectivity index (χ0v) is 10.5. The second-order valence-corrected chi connectivity index (χ2v) is 4.07. The molecule has 0 saturated heterocycles. The Labute approximate surface area is 102 Å². The highest BCUT2D eigenvalue weighted by atomic mass is 16.5. The van der Waals surface area contributed by atoms with Crippen molar-refractivity contribution in [2.45, 2.75) is 39.0 Å². The van der Waals surface area contributed by atoms with Crippen LogP contribution in [0.3, 0.4) is 0 Å². The lowest BCUT2D eigenvalue weighted by molar-refractivity contribution is -0.139. The van der Waals surface area contributed by atoms with Gasteiger partial charge in [-0.3, -0.25) is 4.79 Å². The van der Waals surface area contributed by atoms with E-state index in [0.29, 0.717) is 18.8 Å². The van der Waals surface area contributed by atoms with E-state index in [9.17, 15) is 9.90 Å². The van der Waals surface area contributed by atoms with Gasteiger partial charge in [-0.2, -0.15) is 0 Å². The van der Waals surface area contributed by atoms with Crippen LogP contribution in [0.5, 0.6) is 5.75 Å². The Bertz CT molecular complexity index is 360. The highest BCUT2D eigenvalue weighted by molar-refractivity contribution is 5.77. The van der Waals surface area contributed by atoms with Gasteiger partial charge in [-0.25, -0.2) is 0 Å². The lowest BCUT2D eigenvalue weighted by Gasteiger charge is -2.16. The first-order valence-electron chi connectivity index (χ1n) is 6.15. The van der Waals surface area contributed by atoms with E-state index in [4.69, 9.17) is 4.74 Å². The van der Waals surface area contributed by atoms with Crippen LogP contribution in [0.1, 0.15) is 44.6 Å². The summed E-state index contributed by atoms with van der Waals surface area (Å²) in [6.45, 7) is 4.64. The zero-order chi connectivity index (χ0) is 12.7. The van der Waals surface area contributed by atoms with E-state index in [-0.39, 0.29) is 0 Å². The van der Waals surface area contributed by atoms with Gasteiger partial charge in [-0.1, -0.05) is 38.5 Å². The molecule has 0 aliphatic heterocycles. The molecular formula is C14H20O3. The molecule has 0 fully saturated rings. The molecule has 1 aromatic rings. The van der Waals surface area contributed by atoms with Crippen molar-refractivity contribution in [2.75, 3.05) is 6.61 Å². The highest BCUT2D eigenvalue weighted by Crippen LogP contribution is 2.30. The lowest BCUT2D eigenvalue weighted by Crippen LogP contribution is -2.13. The Morgan fingerprint density at radius 1 is 1.29 bits per heavy atom. The number of rotatable bonds is 7. The number of benzene rings is 1. The van der Waals surface area contributed by atoms with Gasteiger partial charge < -0.3 is 9.84 Å². The predicted molar refractivity (Wildman–Crippen MR) is 67.5 cm³/mol. The standard InChI is InChI=1S/C14H20O3/c1-3-7-12(14(15)16)11-8-5-6-9-13(11)17-10-4-2/h5-6,8-9,12H,3-4,7,10H2,1-2H3,(H,15,16). The molecule has 0 aliphatic carbocycles. The van der Waals surface area contributed by atoms with Crippen LogP contribution in [0, 0.1) is 0 Å². The molecule has 3 heteroatoms. The Kier molecular flexibility index (Phi) is 5.53. The number of para-hydroxylation sites is 1. The van der Waals surface area contributed by atoms with Crippen LogP contribution in [-0.4, -0.2) is 17.7 Å². The normalized spacial score (nSPS) is 12.1. The first-order valence-corrected chi connectivity index (χ1v) is 6.15. The third-order valence-corrected chi connectivity index (χ3v) is 2.63. The van der Waals surface area contributed by atoms with Crippen molar-refractivity contribution in [1.82, 2.24) is 0 Å². The minimum atomic E-state index is -0.778. The van der Waals surface area contributed by atoms with Crippen molar-refractivity contribution in [2.24, 2.45) is 0 Å². The molecule has 3 nitrogen and oxygen atoms in total. The van der Waals surface area contributed by atoms with Gasteiger partial charge in [-0.05, 0) is 18.9 Å². The van der Waals surface area contributed by atoms with E-state index in [2.05, 4.69) is 0 Å². The second-order valence-electron chi connectivity index (χ2n) is 4.07. The SMILES string of the molecule is CCCOc1ccccc1C(CCC)C(=O)O. The molecule has 1 atom stereocenters. The monoisotopic (exact) mass is 236 g/mol. The van der Waals surface area contributed by atoms with E-state index in [1.165, 1.54) is 0 Å². The molecule has 0 aliphatic rings. The summed E-state index contributed by atoms with van der Waals surface area (Å²) < 4.78 is 5.60. The Morgan fingerprint density at radius 3 is 2.59 bits per heavy atom. The molecule has 0 aromatic heterocycles. The van der Waals surface area contributed by atoms with E-state index < -0.39 is 11.9 Å². The summed E-state index contributed by atoms with van der Waals surface area (Å²) in [5.74, 6) is -0.539. The smallest absolute Gasteiger partial charge is 0.311 e. The topological polar surface area (TPSA) is 46.5 Å². The number of aliphatic carboxylic acids is 1. The third-order valence-electron chi connectivity index (χ3n) is 2.63. The second kappa shape index (κ2) is 6.94. The lowest BCUT2D eigenvalue weighted by atomic mass is 9.94. The van der Waals surface area contributed by atoms with Crippen molar-refractivity contribution < 1.29 is 14.6 Å². The number of ether oxygens (including phenoxy) is 1. The van der Waals surface area contributed by atoms with Crippen LogP contribution in [0.4, 0.5) is 0 Å². The van der Waals surface area contributed by atoms with E-state index >= 15 is 0 Å². The predicted octanol–water partition coefficient (Wildman–Crippen LogP) is 3.44. The minimum absolute atomic E-state index is 0.465. The minimum Gasteiger partial charge on any atom is -0.493 e. The molecule has 0 spiro atoms. The van der Waals surface area contributed by atoms with Gasteiger partial charge in [0.15, 0.2) is 0 Å². The van der Waals surface area contributed by atoms with Gasteiger partial charge in [0, 0.05) is 5.56 Å². The van der Waals surface area contributed by atoms with Crippen molar-refractivity contribution >= 4 is 5.97 Å². The summed E-state index contributed by atoms with van der Waals surface area (Å²) in [5, 5.41) is 9.25. The van der Waals surface area contributed by atoms with Crippen LogP contribution in [0.2, 0.25) is 0 Å². The number of carbonyl (C=O) groups is 1. The maximum absolute atomic E-state index is 11.3. The fraction of sp³-hybridized carbons (Fsp3) is 0.500. The average molecular weight is 236 g/mol. The Balaban J connectivity index is 2.96. The van der Waals surface area contributed by atoms with Crippen LogP contribution in [-0.2, 0) is 4.79 Å². The van der Waals surface area contributed by atoms with E-state index in [1.807, 2.05) is 38.1 Å². The number of hydrogen-bond acceptors (Lipinski definition) is 2. The van der Waals surface area contributed by atoms with Gasteiger partial charge in [-0.15, -0.1) is 0 Å². The number of carboxylic acids is 1. The first-order chi connectivity index (χ1) is 8.20. The molecule has 94 valence electrons. The highest BCUT2D eigenvalue weighted by Gasteiger charge is 2.22. The maximum atomic E-state index is 11.3. The van der Waals surface area contributed by atoms with Crippen molar-refractivity contribution in [3.05, 3.63) is 29.8 Å².